The third kappa shape index (κ3) is 8.54. The number of unbranched alkanes of at least 4 members (excludes halogenated alkanes) is 9. The molecule has 0 N–H and O–H groups in total. The van der Waals surface area contributed by atoms with Gasteiger partial charge in [-0.1, -0.05) is 94.5 Å². The van der Waals surface area contributed by atoms with Crippen LogP contribution in [0, 0.1) is 0 Å². The summed E-state index contributed by atoms with van der Waals surface area (Å²) in [5, 5.41) is 0. The molecule has 1 aromatic rings. The van der Waals surface area contributed by atoms with Crippen molar-refractivity contribution in [1.82, 2.24) is 0 Å². The fraction of sp³-hybridized carbons (Fsp3) is 0.667. The maximum atomic E-state index is 6.10. The van der Waals surface area contributed by atoms with Gasteiger partial charge in [0.2, 0.25) is 0 Å². The molecule has 0 fully saturated rings. The summed E-state index contributed by atoms with van der Waals surface area (Å²) in [4.78, 5) is 0. The van der Waals surface area contributed by atoms with Crippen LogP contribution in [0.5, 0.6) is 0 Å². The van der Waals surface area contributed by atoms with Crippen molar-refractivity contribution in [3.05, 3.63) is 29.8 Å². The molecule has 1 rings (SSSR count). The van der Waals surface area contributed by atoms with Crippen molar-refractivity contribution in [1.29, 1.82) is 0 Å². The van der Waals surface area contributed by atoms with Crippen molar-refractivity contribution in [2.75, 3.05) is 0 Å². The Morgan fingerprint density at radius 2 is 1.35 bits per heavy atom. The van der Waals surface area contributed by atoms with Crippen LogP contribution in [0.1, 0.15) is 76.7 Å². The fourth-order valence-corrected chi connectivity index (χ4v) is 4.21. The van der Waals surface area contributed by atoms with Crippen LogP contribution < -0.4 is 3.69 Å². The molecule has 0 aliphatic rings. The highest BCUT2D eigenvalue weighted by atomic mass is 35.5. The predicted molar refractivity (Wildman–Crippen MR) is 93.2 cm³/mol. The van der Waals surface area contributed by atoms with E-state index < -0.39 is 19.3 Å². The zero-order chi connectivity index (χ0) is 14.5. The molecule has 0 saturated heterocycles. The Labute approximate surface area is 139 Å². The highest BCUT2D eigenvalue weighted by molar-refractivity contribution is 7.01. The lowest BCUT2D eigenvalue weighted by Crippen LogP contribution is -2.14. The molecular weight excluding hydrogens is 276 g/mol. The van der Waals surface area contributed by atoms with Crippen LogP contribution in [0.3, 0.4) is 0 Å². The fourth-order valence-electron chi connectivity index (χ4n) is 2.73. The molecule has 0 spiro atoms. The average molecular weight is 305 g/mol. The van der Waals surface area contributed by atoms with Crippen molar-refractivity contribution in [2.24, 2.45) is 0 Å². The molecule has 0 amide bonds. The van der Waals surface area contributed by atoms with E-state index in [-0.39, 0.29) is 0 Å². The average Bonchev–Trinajstić information content (AvgIpc) is 2.49. The lowest BCUT2D eigenvalue weighted by atomic mass is 10.0. The summed E-state index contributed by atoms with van der Waals surface area (Å²) in [6, 6.07) is 8.74. The number of rotatable bonds is 12. The molecule has 0 unspecified atom stereocenters. The summed E-state index contributed by atoms with van der Waals surface area (Å²) >= 11 is -0.524. The number of benzene rings is 1. The molecule has 0 aliphatic carbocycles. The first-order valence-electron chi connectivity index (χ1n) is 8.51. The van der Waals surface area contributed by atoms with E-state index in [1.165, 1.54) is 79.9 Å². The first-order chi connectivity index (χ1) is 9.88. The second-order valence-corrected chi connectivity index (χ2v) is 7.67. The Hall–Kier alpha value is 0.276. The Morgan fingerprint density at radius 3 is 1.95 bits per heavy atom. The predicted octanol–water partition coefficient (Wildman–Crippen LogP) is 5.63. The van der Waals surface area contributed by atoms with Gasteiger partial charge in [0.1, 0.15) is 0 Å². The van der Waals surface area contributed by atoms with Crippen LogP contribution in [-0.4, -0.2) is 19.3 Å². The first kappa shape index (κ1) is 18.3. The van der Waals surface area contributed by atoms with Gasteiger partial charge in [-0.15, -0.1) is 3.69 Å². The summed E-state index contributed by atoms with van der Waals surface area (Å²) in [6.07, 6.45) is 15.3. The minimum Gasteiger partial charge on any atom is -0.336 e. The first-order valence-corrected chi connectivity index (χ1v) is 11.4. The van der Waals surface area contributed by atoms with Crippen molar-refractivity contribution in [3.8, 4) is 0 Å². The van der Waals surface area contributed by atoms with E-state index in [9.17, 15) is 0 Å². The normalized spacial score (nSPS) is 10.5. The lowest BCUT2D eigenvalue weighted by molar-refractivity contribution is 0.556. The Kier molecular flexibility index (Phi) is 11.9. The third-order valence-electron chi connectivity index (χ3n) is 4.06. The monoisotopic (exact) mass is 304 g/mol. The Balaban J connectivity index is 1.97. The summed E-state index contributed by atoms with van der Waals surface area (Å²) in [7, 11) is 6.10. The molecule has 0 bridgehead atoms. The third-order valence-corrected chi connectivity index (χ3v) is 5.90. The summed E-state index contributed by atoms with van der Waals surface area (Å²) in [5.41, 5.74) is 1.51. The van der Waals surface area contributed by atoms with E-state index in [0.29, 0.717) is 0 Å². The largest absolute Gasteiger partial charge is 0.538 e. The van der Waals surface area contributed by atoms with Crippen molar-refractivity contribution in [2.45, 2.75) is 77.6 Å². The summed E-state index contributed by atoms with van der Waals surface area (Å²) in [6.45, 7) is 2.28. The van der Waals surface area contributed by atoms with E-state index in [1.807, 2.05) is 0 Å². The quantitative estimate of drug-likeness (QED) is 0.346. The van der Waals surface area contributed by atoms with Crippen LogP contribution in [-0.2, 0) is 6.42 Å². The molecule has 0 heterocycles. The minimum atomic E-state index is -0.524. The lowest BCUT2D eigenvalue weighted by Gasteiger charge is -2.07. The molecule has 0 aliphatic heterocycles. The van der Waals surface area contributed by atoms with Gasteiger partial charge in [0.25, 0.3) is 0 Å². The second-order valence-electron chi connectivity index (χ2n) is 5.83. The van der Waals surface area contributed by atoms with Gasteiger partial charge in [-0.2, -0.15) is 0 Å². The maximum Gasteiger partial charge on any atom is 0.538 e. The van der Waals surface area contributed by atoms with Gasteiger partial charge in [0, 0.05) is 0 Å². The van der Waals surface area contributed by atoms with Crippen LogP contribution in [0.4, 0.5) is 0 Å². The number of hydrogen-bond donors (Lipinski definition) is 0. The Morgan fingerprint density at radius 1 is 0.800 bits per heavy atom. The van der Waals surface area contributed by atoms with Gasteiger partial charge in [0.15, 0.2) is 0 Å². The number of hydrogen-bond acceptors (Lipinski definition) is 0. The van der Waals surface area contributed by atoms with Gasteiger partial charge < -0.3 is 9.07 Å². The topological polar surface area (TPSA) is 0 Å². The summed E-state index contributed by atoms with van der Waals surface area (Å²) < 4.78 is 1.45. The minimum absolute atomic E-state index is 0.524. The molecule has 0 aromatic heterocycles. The molecule has 20 heavy (non-hydrogen) atoms. The smallest absolute Gasteiger partial charge is 0.336 e. The molecular formula is C18H29ClMg. The van der Waals surface area contributed by atoms with Gasteiger partial charge in [-0.05, 0) is 12.8 Å². The second kappa shape index (κ2) is 13.0. The molecule has 0 atom stereocenters. The van der Waals surface area contributed by atoms with E-state index in [2.05, 4.69) is 31.2 Å². The van der Waals surface area contributed by atoms with Gasteiger partial charge in [0.05, 0.1) is 0 Å². The van der Waals surface area contributed by atoms with E-state index in [1.54, 1.807) is 0 Å². The highest BCUT2D eigenvalue weighted by Gasteiger charge is 2.02. The van der Waals surface area contributed by atoms with E-state index in [4.69, 9.17) is 9.07 Å². The van der Waals surface area contributed by atoms with E-state index in [0.717, 1.165) is 0 Å². The van der Waals surface area contributed by atoms with Crippen molar-refractivity contribution < 1.29 is 0 Å². The summed E-state index contributed by atoms with van der Waals surface area (Å²) in [5.74, 6) is 0. The molecule has 1 aromatic carbocycles. The SMILES string of the molecule is CCCCCCCCCCCCc1cccc[c]1[Mg][Cl]. The zero-order valence-electron chi connectivity index (χ0n) is 13.2. The molecule has 0 radical (unpaired) electrons. The molecule has 110 valence electrons. The van der Waals surface area contributed by atoms with E-state index >= 15 is 0 Å². The molecule has 0 nitrogen and oxygen atoms in total. The van der Waals surface area contributed by atoms with Crippen LogP contribution >= 0.6 is 9.07 Å². The maximum absolute atomic E-state index is 6.10. The zero-order valence-corrected chi connectivity index (χ0v) is 15.3. The number of aryl methyl sites for hydroxylation is 1. The van der Waals surface area contributed by atoms with Gasteiger partial charge >= 0.3 is 19.3 Å². The highest BCUT2D eigenvalue weighted by Crippen LogP contribution is 2.12. The van der Waals surface area contributed by atoms with Gasteiger partial charge in [-0.25, -0.2) is 0 Å². The van der Waals surface area contributed by atoms with Crippen molar-refractivity contribution in [3.63, 3.8) is 0 Å². The van der Waals surface area contributed by atoms with Crippen molar-refractivity contribution >= 4 is 32.0 Å². The standard InChI is InChI=1S/C18H29.ClH.Mg/c1-2-3-4-5-6-7-8-9-10-12-15-18-16-13-11-14-17-18;;/h11,13-14,16H,2-10,12,15H2,1H3;1H;/q;;+1/p-1. The van der Waals surface area contributed by atoms with Crippen LogP contribution in [0.2, 0.25) is 0 Å². The Bertz CT molecular complexity index is 338. The molecule has 0 saturated carbocycles. The van der Waals surface area contributed by atoms with Crippen LogP contribution in [0.15, 0.2) is 24.3 Å². The molecule has 2 heteroatoms. The van der Waals surface area contributed by atoms with Crippen LogP contribution in [0.25, 0.3) is 0 Å². The number of halogens is 1. The van der Waals surface area contributed by atoms with Gasteiger partial charge in [-0.3, -0.25) is 0 Å².